The molecule has 3 rings (SSSR count). The highest BCUT2D eigenvalue weighted by Gasteiger charge is 2.22. The number of benzene rings is 2. The van der Waals surface area contributed by atoms with Crippen molar-refractivity contribution in [1.82, 2.24) is 4.31 Å². The summed E-state index contributed by atoms with van der Waals surface area (Å²) in [7, 11) is -3.59. The summed E-state index contributed by atoms with van der Waals surface area (Å²) < 4.78 is 35.8. The molecule has 1 aliphatic heterocycles. The fourth-order valence-corrected chi connectivity index (χ4v) is 3.29. The molecule has 0 fully saturated rings. The molecule has 0 atom stereocenters. The van der Waals surface area contributed by atoms with Crippen molar-refractivity contribution in [2.45, 2.75) is 6.54 Å². The molecule has 9 heteroatoms. The Morgan fingerprint density at radius 1 is 1.15 bits per heavy atom. The predicted molar refractivity (Wildman–Crippen MR) is 97.9 cm³/mol. The molecule has 0 unspecified atom stereocenters. The van der Waals surface area contributed by atoms with Gasteiger partial charge in [-0.15, -0.1) is 0 Å². The standard InChI is InChI=1S/C17H17ClN2O5S/c1-26(22,23)20(9-12-2-7-15-16(8-12)25-11-24-15)10-17(21)19-14-5-3-13(18)4-6-14/h2-8H,9-11H2,1H3,(H,19,21). The van der Waals surface area contributed by atoms with E-state index < -0.39 is 15.9 Å². The summed E-state index contributed by atoms with van der Waals surface area (Å²) in [6.45, 7) is -0.127. The van der Waals surface area contributed by atoms with E-state index in [9.17, 15) is 13.2 Å². The molecule has 0 saturated carbocycles. The van der Waals surface area contributed by atoms with Crippen LogP contribution in [0.2, 0.25) is 5.02 Å². The van der Waals surface area contributed by atoms with E-state index in [4.69, 9.17) is 21.1 Å². The molecule has 1 N–H and O–H groups in total. The maximum absolute atomic E-state index is 12.2. The molecule has 2 aromatic carbocycles. The molecule has 7 nitrogen and oxygen atoms in total. The van der Waals surface area contributed by atoms with Gasteiger partial charge in [-0.3, -0.25) is 4.79 Å². The van der Waals surface area contributed by atoms with Gasteiger partial charge in [0, 0.05) is 17.3 Å². The summed E-state index contributed by atoms with van der Waals surface area (Å²) >= 11 is 5.80. The number of halogens is 1. The van der Waals surface area contributed by atoms with Crippen LogP contribution < -0.4 is 14.8 Å². The van der Waals surface area contributed by atoms with Crippen LogP contribution in [0.1, 0.15) is 5.56 Å². The Morgan fingerprint density at radius 2 is 1.85 bits per heavy atom. The number of nitrogens with zero attached hydrogens (tertiary/aromatic N) is 1. The number of amides is 1. The minimum Gasteiger partial charge on any atom is -0.454 e. The van der Waals surface area contributed by atoms with Crippen LogP contribution in [0, 0.1) is 0 Å². The molecule has 0 aromatic heterocycles. The van der Waals surface area contributed by atoms with Crippen molar-refractivity contribution in [2.24, 2.45) is 0 Å². The van der Waals surface area contributed by atoms with Crippen molar-refractivity contribution < 1.29 is 22.7 Å². The highest BCUT2D eigenvalue weighted by atomic mass is 35.5. The lowest BCUT2D eigenvalue weighted by Crippen LogP contribution is -2.36. The van der Waals surface area contributed by atoms with Gasteiger partial charge in [-0.25, -0.2) is 8.42 Å². The molecule has 1 heterocycles. The average Bonchev–Trinajstić information content (AvgIpc) is 3.03. The number of fused-ring (bicyclic) bond motifs is 1. The maximum Gasteiger partial charge on any atom is 0.239 e. The number of sulfonamides is 1. The third-order valence-corrected chi connectivity index (χ3v) is 5.16. The molecule has 138 valence electrons. The zero-order valence-corrected chi connectivity index (χ0v) is 15.5. The molecule has 0 radical (unpaired) electrons. The highest BCUT2D eigenvalue weighted by molar-refractivity contribution is 7.88. The van der Waals surface area contributed by atoms with Crippen molar-refractivity contribution in [3.8, 4) is 11.5 Å². The van der Waals surface area contributed by atoms with Gasteiger partial charge in [0.15, 0.2) is 11.5 Å². The third-order valence-electron chi connectivity index (χ3n) is 3.71. The Bertz CT molecular complexity index is 915. The lowest BCUT2D eigenvalue weighted by molar-refractivity contribution is -0.116. The number of hydrogen-bond acceptors (Lipinski definition) is 5. The lowest BCUT2D eigenvalue weighted by atomic mass is 10.2. The van der Waals surface area contributed by atoms with E-state index >= 15 is 0 Å². The monoisotopic (exact) mass is 396 g/mol. The Morgan fingerprint density at radius 3 is 2.54 bits per heavy atom. The van der Waals surface area contributed by atoms with Crippen LogP contribution >= 0.6 is 11.6 Å². The molecule has 0 saturated heterocycles. The summed E-state index contributed by atoms with van der Waals surface area (Å²) in [4.78, 5) is 12.2. The number of ether oxygens (including phenoxy) is 2. The molecule has 0 spiro atoms. The zero-order chi connectivity index (χ0) is 18.7. The summed E-state index contributed by atoms with van der Waals surface area (Å²) in [5.74, 6) is 0.722. The van der Waals surface area contributed by atoms with Crippen LogP contribution in [0.4, 0.5) is 5.69 Å². The van der Waals surface area contributed by atoms with E-state index in [0.29, 0.717) is 27.8 Å². The van der Waals surface area contributed by atoms with Crippen LogP contribution in [-0.2, 0) is 21.4 Å². The largest absolute Gasteiger partial charge is 0.454 e. The zero-order valence-electron chi connectivity index (χ0n) is 13.9. The first kappa shape index (κ1) is 18.5. The summed E-state index contributed by atoms with van der Waals surface area (Å²) in [5, 5.41) is 3.20. The molecule has 2 aromatic rings. The van der Waals surface area contributed by atoms with E-state index in [0.717, 1.165) is 10.6 Å². The lowest BCUT2D eigenvalue weighted by Gasteiger charge is -2.19. The number of anilines is 1. The van der Waals surface area contributed by atoms with Crippen LogP contribution in [0.25, 0.3) is 0 Å². The second kappa shape index (κ2) is 7.53. The number of nitrogens with one attached hydrogen (secondary N) is 1. The van der Waals surface area contributed by atoms with Gasteiger partial charge in [0.05, 0.1) is 12.8 Å². The molecular weight excluding hydrogens is 380 g/mol. The SMILES string of the molecule is CS(=O)(=O)N(CC(=O)Nc1ccc(Cl)cc1)Cc1ccc2c(c1)OCO2. The van der Waals surface area contributed by atoms with Gasteiger partial charge in [-0.05, 0) is 42.0 Å². The van der Waals surface area contributed by atoms with Crippen molar-refractivity contribution in [1.29, 1.82) is 0 Å². The normalized spacial score (nSPS) is 13.0. The number of hydrogen-bond donors (Lipinski definition) is 1. The topological polar surface area (TPSA) is 84.9 Å². The quantitative estimate of drug-likeness (QED) is 0.810. The Kier molecular flexibility index (Phi) is 5.36. The second-order valence-corrected chi connectivity index (χ2v) is 8.19. The third kappa shape index (κ3) is 4.66. The first-order chi connectivity index (χ1) is 12.3. The first-order valence-corrected chi connectivity index (χ1v) is 9.93. The van der Waals surface area contributed by atoms with E-state index in [2.05, 4.69) is 5.32 Å². The van der Waals surface area contributed by atoms with Gasteiger partial charge in [0.2, 0.25) is 22.7 Å². The number of carbonyl (C=O) groups is 1. The van der Waals surface area contributed by atoms with Gasteiger partial charge < -0.3 is 14.8 Å². The van der Waals surface area contributed by atoms with Crippen molar-refractivity contribution in [3.05, 3.63) is 53.1 Å². The molecular formula is C17H17ClN2O5S. The Hall–Kier alpha value is -2.29. The minimum atomic E-state index is -3.59. The molecule has 1 aliphatic rings. The minimum absolute atomic E-state index is 0.0451. The average molecular weight is 397 g/mol. The summed E-state index contributed by atoms with van der Waals surface area (Å²) in [6, 6.07) is 11.7. The van der Waals surface area contributed by atoms with Gasteiger partial charge in [-0.2, -0.15) is 4.31 Å². The van der Waals surface area contributed by atoms with Crippen molar-refractivity contribution >= 4 is 33.2 Å². The van der Waals surface area contributed by atoms with Gasteiger partial charge >= 0.3 is 0 Å². The molecule has 1 amide bonds. The van der Waals surface area contributed by atoms with Crippen LogP contribution in [0.5, 0.6) is 11.5 Å². The molecule has 0 bridgehead atoms. The predicted octanol–water partition coefficient (Wildman–Crippen LogP) is 2.47. The Labute approximate surface area is 156 Å². The first-order valence-electron chi connectivity index (χ1n) is 7.70. The fraction of sp³-hybridized carbons (Fsp3) is 0.235. The number of rotatable bonds is 6. The van der Waals surface area contributed by atoms with E-state index in [-0.39, 0.29) is 19.9 Å². The highest BCUT2D eigenvalue weighted by Crippen LogP contribution is 2.32. The summed E-state index contributed by atoms with van der Waals surface area (Å²) in [6.07, 6.45) is 1.07. The summed E-state index contributed by atoms with van der Waals surface area (Å²) in [5.41, 5.74) is 1.23. The Balaban J connectivity index is 1.70. The van der Waals surface area contributed by atoms with Gasteiger partial charge in [0.1, 0.15) is 0 Å². The van der Waals surface area contributed by atoms with Gasteiger partial charge in [-0.1, -0.05) is 17.7 Å². The van der Waals surface area contributed by atoms with E-state index in [1.54, 1.807) is 42.5 Å². The fourth-order valence-electron chi connectivity index (χ4n) is 2.43. The van der Waals surface area contributed by atoms with E-state index in [1.165, 1.54) is 0 Å². The smallest absolute Gasteiger partial charge is 0.239 e. The second-order valence-electron chi connectivity index (χ2n) is 5.77. The van der Waals surface area contributed by atoms with Crippen LogP contribution in [-0.4, -0.2) is 38.2 Å². The van der Waals surface area contributed by atoms with Gasteiger partial charge in [0.25, 0.3) is 0 Å². The number of carbonyl (C=O) groups excluding carboxylic acids is 1. The molecule has 26 heavy (non-hydrogen) atoms. The van der Waals surface area contributed by atoms with Crippen LogP contribution in [0.3, 0.4) is 0 Å². The van der Waals surface area contributed by atoms with Crippen LogP contribution in [0.15, 0.2) is 42.5 Å². The van der Waals surface area contributed by atoms with Crippen molar-refractivity contribution in [2.75, 3.05) is 24.9 Å². The van der Waals surface area contributed by atoms with Crippen molar-refractivity contribution in [3.63, 3.8) is 0 Å². The maximum atomic E-state index is 12.2. The van der Waals surface area contributed by atoms with E-state index in [1.807, 2.05) is 0 Å². The molecule has 0 aliphatic carbocycles.